The van der Waals surface area contributed by atoms with Crippen LogP contribution in [0.1, 0.15) is 31.7 Å². The van der Waals surface area contributed by atoms with Gasteiger partial charge in [-0.1, -0.05) is 25.5 Å². The summed E-state index contributed by atoms with van der Waals surface area (Å²) in [6.07, 6.45) is -2.46. The molecule has 1 aromatic rings. The van der Waals surface area contributed by atoms with Crippen molar-refractivity contribution in [2.45, 2.75) is 39.1 Å². The molecule has 3 nitrogen and oxygen atoms in total. The van der Waals surface area contributed by atoms with Gasteiger partial charge in [-0.3, -0.25) is 4.79 Å². The Balaban J connectivity index is 2.42. The highest BCUT2D eigenvalue weighted by atomic mass is 19.4. The molecule has 0 aromatic heterocycles. The first kappa shape index (κ1) is 15.3. The predicted octanol–water partition coefficient (Wildman–Crippen LogP) is 3.39. The van der Waals surface area contributed by atoms with Crippen molar-refractivity contribution < 1.29 is 22.7 Å². The molecule has 19 heavy (non-hydrogen) atoms. The van der Waals surface area contributed by atoms with Crippen LogP contribution in [0.3, 0.4) is 0 Å². The van der Waals surface area contributed by atoms with Crippen LogP contribution >= 0.6 is 0 Å². The average Bonchev–Trinajstić information content (AvgIpc) is 2.33. The number of ether oxygens (including phenoxy) is 1. The number of halogens is 3. The van der Waals surface area contributed by atoms with Crippen molar-refractivity contribution in [1.82, 2.24) is 5.32 Å². The molecule has 0 saturated heterocycles. The van der Waals surface area contributed by atoms with Crippen LogP contribution in [0, 0.1) is 0 Å². The van der Waals surface area contributed by atoms with Crippen LogP contribution in [0.25, 0.3) is 0 Å². The molecule has 6 heteroatoms. The van der Waals surface area contributed by atoms with Crippen molar-refractivity contribution in [3.8, 4) is 5.75 Å². The van der Waals surface area contributed by atoms with Crippen LogP contribution in [0.5, 0.6) is 5.75 Å². The van der Waals surface area contributed by atoms with E-state index >= 15 is 0 Å². The summed E-state index contributed by atoms with van der Waals surface area (Å²) in [4.78, 5) is 11.3. The van der Waals surface area contributed by atoms with Crippen LogP contribution in [0.2, 0.25) is 0 Å². The Bertz CT molecular complexity index is 401. The smallest absolute Gasteiger partial charge is 0.406 e. The molecule has 106 valence electrons. The lowest BCUT2D eigenvalue weighted by Crippen LogP contribution is -2.22. The van der Waals surface area contributed by atoms with Gasteiger partial charge in [0.15, 0.2) is 0 Å². The third-order valence-corrected chi connectivity index (χ3v) is 2.40. The number of rotatable bonds is 6. The molecule has 0 radical (unpaired) electrons. The Morgan fingerprint density at radius 2 is 1.89 bits per heavy atom. The first-order valence-corrected chi connectivity index (χ1v) is 6.02. The normalized spacial score (nSPS) is 11.2. The molecule has 1 aromatic carbocycles. The van der Waals surface area contributed by atoms with E-state index < -0.39 is 6.36 Å². The number of nitrogens with one attached hydrogen (secondary N) is 1. The average molecular weight is 275 g/mol. The summed E-state index contributed by atoms with van der Waals surface area (Å²) >= 11 is 0. The Hall–Kier alpha value is -1.72. The second-order valence-electron chi connectivity index (χ2n) is 4.07. The van der Waals surface area contributed by atoms with Crippen LogP contribution in [-0.4, -0.2) is 12.3 Å². The Morgan fingerprint density at radius 1 is 1.26 bits per heavy atom. The van der Waals surface area contributed by atoms with Crippen molar-refractivity contribution >= 4 is 5.91 Å². The van der Waals surface area contributed by atoms with Gasteiger partial charge in [-0.25, -0.2) is 0 Å². The molecular weight excluding hydrogens is 259 g/mol. The van der Waals surface area contributed by atoms with E-state index in [2.05, 4.69) is 10.1 Å². The fourth-order valence-corrected chi connectivity index (χ4v) is 1.44. The van der Waals surface area contributed by atoms with Gasteiger partial charge in [0.05, 0.1) is 0 Å². The lowest BCUT2D eigenvalue weighted by atomic mass is 10.2. The minimum atomic E-state index is -4.68. The van der Waals surface area contributed by atoms with Crippen LogP contribution < -0.4 is 10.1 Å². The number of alkyl halides is 3. The third kappa shape index (κ3) is 6.69. The van der Waals surface area contributed by atoms with E-state index in [-0.39, 0.29) is 11.7 Å². The minimum Gasteiger partial charge on any atom is -0.406 e. The topological polar surface area (TPSA) is 38.3 Å². The van der Waals surface area contributed by atoms with Crippen LogP contribution in [-0.2, 0) is 11.3 Å². The van der Waals surface area contributed by atoms with Crippen molar-refractivity contribution in [2.75, 3.05) is 0 Å². The molecule has 0 heterocycles. The number of unbranched alkanes of at least 4 members (excludes halogenated alkanes) is 1. The minimum absolute atomic E-state index is 0.0579. The highest BCUT2D eigenvalue weighted by molar-refractivity contribution is 5.75. The second-order valence-corrected chi connectivity index (χ2v) is 4.07. The van der Waals surface area contributed by atoms with E-state index in [1.165, 1.54) is 24.3 Å². The highest BCUT2D eigenvalue weighted by Crippen LogP contribution is 2.22. The number of hydrogen-bond donors (Lipinski definition) is 1. The monoisotopic (exact) mass is 275 g/mol. The van der Waals surface area contributed by atoms with Crippen molar-refractivity contribution in [3.05, 3.63) is 29.8 Å². The van der Waals surface area contributed by atoms with E-state index in [9.17, 15) is 18.0 Å². The number of carbonyl (C=O) groups excluding carboxylic acids is 1. The second kappa shape index (κ2) is 7.01. The molecule has 0 spiro atoms. The van der Waals surface area contributed by atoms with Gasteiger partial charge in [-0.2, -0.15) is 0 Å². The summed E-state index contributed by atoms with van der Waals surface area (Å²) in [7, 11) is 0. The molecule has 0 unspecified atom stereocenters. The lowest BCUT2D eigenvalue weighted by Gasteiger charge is -2.09. The van der Waals surface area contributed by atoms with Crippen LogP contribution in [0.4, 0.5) is 13.2 Å². The summed E-state index contributed by atoms with van der Waals surface area (Å²) in [6, 6.07) is 5.42. The molecule has 0 fully saturated rings. The summed E-state index contributed by atoms with van der Waals surface area (Å²) in [5.41, 5.74) is 0.722. The van der Waals surface area contributed by atoms with Gasteiger partial charge < -0.3 is 10.1 Å². The first-order valence-electron chi connectivity index (χ1n) is 6.02. The van der Waals surface area contributed by atoms with Gasteiger partial charge in [-0.05, 0) is 24.1 Å². The summed E-state index contributed by atoms with van der Waals surface area (Å²) in [5, 5.41) is 2.70. The maximum Gasteiger partial charge on any atom is 0.573 e. The van der Waals surface area contributed by atoms with Crippen molar-refractivity contribution in [1.29, 1.82) is 0 Å². The maximum atomic E-state index is 11.9. The van der Waals surface area contributed by atoms with Gasteiger partial charge in [0.2, 0.25) is 5.91 Å². The van der Waals surface area contributed by atoms with E-state index in [1.54, 1.807) is 0 Å². The molecule has 1 N–H and O–H groups in total. The number of carbonyl (C=O) groups is 1. The molecule has 0 saturated carbocycles. The zero-order valence-corrected chi connectivity index (χ0v) is 10.6. The summed E-state index contributed by atoms with van der Waals surface area (Å²) in [6.45, 7) is 2.29. The van der Waals surface area contributed by atoms with Crippen molar-refractivity contribution in [3.63, 3.8) is 0 Å². The van der Waals surface area contributed by atoms with Crippen LogP contribution in [0.15, 0.2) is 24.3 Å². The Morgan fingerprint density at radius 3 is 2.42 bits per heavy atom. The number of amides is 1. The number of hydrogen-bond acceptors (Lipinski definition) is 2. The lowest BCUT2D eigenvalue weighted by molar-refractivity contribution is -0.274. The zero-order valence-electron chi connectivity index (χ0n) is 10.6. The van der Waals surface area contributed by atoms with Gasteiger partial charge >= 0.3 is 6.36 Å². The fraction of sp³-hybridized carbons (Fsp3) is 0.462. The molecule has 0 bridgehead atoms. The quantitative estimate of drug-likeness (QED) is 0.864. The maximum absolute atomic E-state index is 11.9. The molecule has 0 aliphatic carbocycles. The molecule has 0 atom stereocenters. The van der Waals surface area contributed by atoms with Gasteiger partial charge in [0.1, 0.15) is 5.75 Å². The Labute approximate surface area is 109 Å². The third-order valence-electron chi connectivity index (χ3n) is 2.40. The van der Waals surface area contributed by atoms with E-state index in [1.807, 2.05) is 6.92 Å². The number of benzene rings is 1. The largest absolute Gasteiger partial charge is 0.573 e. The molecule has 1 amide bonds. The Kier molecular flexibility index (Phi) is 5.66. The molecule has 1 rings (SSSR count). The molecule has 0 aliphatic heterocycles. The van der Waals surface area contributed by atoms with E-state index in [0.29, 0.717) is 13.0 Å². The van der Waals surface area contributed by atoms with Gasteiger partial charge in [0.25, 0.3) is 0 Å². The van der Waals surface area contributed by atoms with E-state index in [4.69, 9.17) is 0 Å². The molecular formula is C13H16F3NO2. The SMILES string of the molecule is CCCCC(=O)NCc1ccc(OC(F)(F)F)cc1. The summed E-state index contributed by atoms with van der Waals surface area (Å²) < 4.78 is 39.6. The molecule has 0 aliphatic rings. The fourth-order valence-electron chi connectivity index (χ4n) is 1.44. The first-order chi connectivity index (χ1) is 8.90. The van der Waals surface area contributed by atoms with Gasteiger partial charge in [-0.15, -0.1) is 13.2 Å². The van der Waals surface area contributed by atoms with Gasteiger partial charge in [0, 0.05) is 13.0 Å². The zero-order chi connectivity index (χ0) is 14.3. The summed E-state index contributed by atoms with van der Waals surface area (Å²) in [5.74, 6) is -0.328. The highest BCUT2D eigenvalue weighted by Gasteiger charge is 2.30. The standard InChI is InChI=1S/C13H16F3NO2/c1-2-3-4-12(18)17-9-10-5-7-11(8-6-10)19-13(14,15)16/h5-8H,2-4,9H2,1H3,(H,17,18). The van der Waals surface area contributed by atoms with E-state index in [0.717, 1.165) is 18.4 Å². The predicted molar refractivity (Wildman–Crippen MR) is 64.5 cm³/mol. The van der Waals surface area contributed by atoms with Crippen molar-refractivity contribution in [2.24, 2.45) is 0 Å².